The van der Waals surface area contributed by atoms with Crippen LogP contribution in [0.4, 0.5) is 0 Å². The number of nitrogens with one attached hydrogen (secondary N) is 1. The Balaban J connectivity index is 1.60. The summed E-state index contributed by atoms with van der Waals surface area (Å²) in [5.41, 5.74) is 6.80. The Labute approximate surface area is 147 Å². The van der Waals surface area contributed by atoms with Gasteiger partial charge in [0, 0.05) is 31.1 Å². The molecule has 1 aromatic rings. The van der Waals surface area contributed by atoms with Crippen molar-refractivity contribution in [1.29, 1.82) is 0 Å². The lowest BCUT2D eigenvalue weighted by atomic mass is 10.00. The summed E-state index contributed by atoms with van der Waals surface area (Å²) < 4.78 is 0. The maximum atomic E-state index is 12.6. The number of rotatable bonds is 6. The Morgan fingerprint density at radius 3 is 2.88 bits per heavy atom. The maximum Gasteiger partial charge on any atom is 0.245 e. The van der Waals surface area contributed by atoms with Crippen LogP contribution in [-0.2, 0) is 16.1 Å². The average molecular weight is 350 g/mol. The van der Waals surface area contributed by atoms with Gasteiger partial charge in [0.15, 0.2) is 0 Å². The van der Waals surface area contributed by atoms with Crippen LogP contribution in [0.2, 0.25) is 0 Å². The van der Waals surface area contributed by atoms with Crippen LogP contribution in [0.3, 0.4) is 0 Å². The lowest BCUT2D eigenvalue weighted by Crippen LogP contribution is -2.69. The second-order valence-corrected chi connectivity index (χ2v) is 7.66. The van der Waals surface area contributed by atoms with E-state index in [2.05, 4.69) is 28.6 Å². The molecule has 7 heteroatoms. The van der Waals surface area contributed by atoms with E-state index < -0.39 is 0 Å². The van der Waals surface area contributed by atoms with E-state index in [0.29, 0.717) is 26.1 Å². The molecule has 2 amide bonds. The van der Waals surface area contributed by atoms with Crippen LogP contribution in [0, 0.1) is 6.92 Å². The van der Waals surface area contributed by atoms with Gasteiger partial charge in [0.25, 0.3) is 0 Å². The fraction of sp³-hybridized carbons (Fsp3) is 0.647. The van der Waals surface area contributed by atoms with Gasteiger partial charge in [-0.3, -0.25) is 14.5 Å². The highest BCUT2D eigenvalue weighted by Crippen LogP contribution is 2.22. The van der Waals surface area contributed by atoms with Crippen LogP contribution in [0.5, 0.6) is 0 Å². The van der Waals surface area contributed by atoms with Gasteiger partial charge in [0.05, 0.1) is 0 Å². The van der Waals surface area contributed by atoms with Crippen LogP contribution < -0.4 is 11.1 Å². The molecule has 0 aliphatic carbocycles. The molecule has 0 bridgehead atoms. The van der Waals surface area contributed by atoms with Gasteiger partial charge in [-0.25, -0.2) is 0 Å². The Morgan fingerprint density at radius 1 is 1.33 bits per heavy atom. The fourth-order valence-corrected chi connectivity index (χ4v) is 4.41. The summed E-state index contributed by atoms with van der Waals surface area (Å²) in [4.78, 5) is 30.5. The molecule has 2 aliphatic heterocycles. The fourth-order valence-electron chi connectivity index (χ4n) is 3.46. The van der Waals surface area contributed by atoms with E-state index in [1.54, 1.807) is 16.2 Å². The topological polar surface area (TPSA) is 78.7 Å². The van der Waals surface area contributed by atoms with Crippen molar-refractivity contribution < 1.29 is 9.59 Å². The number of nitrogens with zero attached hydrogens (tertiary/aromatic N) is 2. The third-order valence-corrected chi connectivity index (χ3v) is 5.95. The van der Waals surface area contributed by atoms with Gasteiger partial charge in [-0.2, -0.15) is 0 Å². The zero-order chi connectivity index (χ0) is 17.1. The van der Waals surface area contributed by atoms with E-state index in [1.807, 2.05) is 0 Å². The molecule has 3 N–H and O–H groups in total. The van der Waals surface area contributed by atoms with Gasteiger partial charge >= 0.3 is 0 Å². The summed E-state index contributed by atoms with van der Waals surface area (Å²) in [7, 11) is 0. The molecular formula is C17H26N4O2S. The molecule has 2 aliphatic rings. The van der Waals surface area contributed by atoms with Gasteiger partial charge in [0.2, 0.25) is 11.8 Å². The number of piperazine rings is 2. The first-order valence-electron chi connectivity index (χ1n) is 8.66. The molecule has 132 valence electrons. The molecule has 6 nitrogen and oxygen atoms in total. The second-order valence-electron chi connectivity index (χ2n) is 6.65. The lowest BCUT2D eigenvalue weighted by Gasteiger charge is -2.45. The number of unbranched alkanes of at least 4 members (excludes halogenated alkanes) is 1. The standard InChI is InChI=1S/C17H26N4O2S/c1-12-5-9-24-15(12)11-20-7-8-21-14(10-20)16(22)19-13(17(21)23)4-2-3-6-18/h5,9,13-14H,2-4,6-8,10-11,18H2,1H3,(H,19,22)/t13-,14+/m0/s1. The SMILES string of the molecule is Cc1ccsc1CN1CCN2C(=O)[C@H](CCCCN)NC(=O)[C@H]2C1. The molecular weight excluding hydrogens is 324 g/mol. The first-order valence-corrected chi connectivity index (χ1v) is 9.54. The first-order chi connectivity index (χ1) is 11.6. The molecule has 0 radical (unpaired) electrons. The summed E-state index contributed by atoms with van der Waals surface area (Å²) in [6.07, 6.45) is 2.44. The predicted octanol–water partition coefficient (Wildman–Crippen LogP) is 0.697. The summed E-state index contributed by atoms with van der Waals surface area (Å²) in [6, 6.07) is 1.41. The monoisotopic (exact) mass is 350 g/mol. The first kappa shape index (κ1) is 17.4. The van der Waals surface area contributed by atoms with Crippen LogP contribution >= 0.6 is 11.3 Å². The van der Waals surface area contributed by atoms with Crippen molar-refractivity contribution in [3.63, 3.8) is 0 Å². The molecule has 0 spiro atoms. The largest absolute Gasteiger partial charge is 0.342 e. The smallest absolute Gasteiger partial charge is 0.245 e. The zero-order valence-electron chi connectivity index (χ0n) is 14.2. The normalized spacial score (nSPS) is 24.8. The molecule has 2 fully saturated rings. The highest BCUT2D eigenvalue weighted by molar-refractivity contribution is 7.10. The van der Waals surface area contributed by atoms with E-state index in [1.165, 1.54) is 10.4 Å². The van der Waals surface area contributed by atoms with E-state index in [0.717, 1.165) is 25.9 Å². The number of amides is 2. The van der Waals surface area contributed by atoms with Crippen molar-refractivity contribution in [3.8, 4) is 0 Å². The van der Waals surface area contributed by atoms with Crippen LogP contribution in [0.25, 0.3) is 0 Å². The third kappa shape index (κ3) is 3.63. The van der Waals surface area contributed by atoms with Crippen molar-refractivity contribution in [2.24, 2.45) is 5.73 Å². The van der Waals surface area contributed by atoms with Crippen LogP contribution in [0.15, 0.2) is 11.4 Å². The number of hydrogen-bond donors (Lipinski definition) is 2. The van der Waals surface area contributed by atoms with Crippen molar-refractivity contribution in [2.75, 3.05) is 26.2 Å². The molecule has 2 atom stereocenters. The Morgan fingerprint density at radius 2 is 2.17 bits per heavy atom. The van der Waals surface area contributed by atoms with E-state index in [4.69, 9.17) is 5.73 Å². The summed E-state index contributed by atoms with van der Waals surface area (Å²) in [6.45, 7) is 5.67. The molecule has 0 unspecified atom stereocenters. The van der Waals surface area contributed by atoms with Crippen molar-refractivity contribution in [2.45, 2.75) is 44.8 Å². The minimum atomic E-state index is -0.369. The number of hydrogen-bond acceptors (Lipinski definition) is 5. The molecule has 0 aromatic carbocycles. The Kier molecular flexibility index (Phi) is 5.53. The quantitative estimate of drug-likeness (QED) is 0.740. The van der Waals surface area contributed by atoms with Gasteiger partial charge in [0.1, 0.15) is 12.1 Å². The number of thiophene rings is 1. The van der Waals surface area contributed by atoms with Gasteiger partial charge < -0.3 is 16.0 Å². The number of aryl methyl sites for hydroxylation is 1. The summed E-state index contributed by atoms with van der Waals surface area (Å²) >= 11 is 1.75. The number of fused-ring (bicyclic) bond motifs is 1. The summed E-state index contributed by atoms with van der Waals surface area (Å²) in [5, 5.41) is 5.02. The van der Waals surface area contributed by atoms with Gasteiger partial charge in [-0.1, -0.05) is 0 Å². The number of carbonyl (C=O) groups excluding carboxylic acids is 2. The van der Waals surface area contributed by atoms with E-state index in [-0.39, 0.29) is 23.9 Å². The predicted molar refractivity (Wildman–Crippen MR) is 94.7 cm³/mol. The maximum absolute atomic E-state index is 12.6. The van der Waals surface area contributed by atoms with Crippen molar-refractivity contribution in [3.05, 3.63) is 21.9 Å². The highest BCUT2D eigenvalue weighted by atomic mass is 32.1. The molecule has 3 rings (SSSR count). The Bertz CT molecular complexity index is 603. The third-order valence-electron chi connectivity index (χ3n) is 4.95. The molecule has 0 saturated carbocycles. The number of nitrogens with two attached hydrogens (primary N) is 1. The molecule has 1 aromatic heterocycles. The van der Waals surface area contributed by atoms with E-state index >= 15 is 0 Å². The van der Waals surface area contributed by atoms with Crippen molar-refractivity contribution in [1.82, 2.24) is 15.1 Å². The molecule has 24 heavy (non-hydrogen) atoms. The Hall–Kier alpha value is -1.44. The minimum Gasteiger partial charge on any atom is -0.342 e. The zero-order valence-corrected chi connectivity index (χ0v) is 15.0. The minimum absolute atomic E-state index is 0.0139. The average Bonchev–Trinajstić information content (AvgIpc) is 2.97. The molecule has 2 saturated heterocycles. The molecule has 3 heterocycles. The highest BCUT2D eigenvalue weighted by Gasteiger charge is 2.43. The summed E-state index contributed by atoms with van der Waals surface area (Å²) in [5.74, 6) is 0.0588. The van der Waals surface area contributed by atoms with Crippen molar-refractivity contribution >= 4 is 23.2 Å². The number of carbonyl (C=O) groups is 2. The van der Waals surface area contributed by atoms with Crippen LogP contribution in [0.1, 0.15) is 29.7 Å². The van der Waals surface area contributed by atoms with E-state index in [9.17, 15) is 9.59 Å². The van der Waals surface area contributed by atoms with Gasteiger partial charge in [-0.15, -0.1) is 11.3 Å². The lowest BCUT2D eigenvalue weighted by molar-refractivity contribution is -0.153. The second kappa shape index (κ2) is 7.63. The van der Waals surface area contributed by atoms with Gasteiger partial charge in [-0.05, 0) is 49.7 Å². The van der Waals surface area contributed by atoms with Crippen LogP contribution in [-0.4, -0.2) is 59.9 Å².